The molecule has 2 aromatic carbocycles. The first-order valence-electron chi connectivity index (χ1n) is 10.2. The van der Waals surface area contributed by atoms with Gasteiger partial charge in [0.15, 0.2) is 0 Å². The standard InChI is InChI=1S/C24H25FN2O2/c1-17(20-7-3-4-8-21(20)25)16-23(28)26-13-10-19(11-14-26)24(29)27-15-12-18-6-2-5-9-22(18)27/h2-9,16,19H,10-15H2,1H3. The summed E-state index contributed by atoms with van der Waals surface area (Å²) >= 11 is 0. The first kappa shape index (κ1) is 19.4. The molecule has 2 heterocycles. The van der Waals surface area contributed by atoms with Gasteiger partial charge in [-0.25, -0.2) is 4.39 Å². The number of nitrogens with zero attached hydrogens (tertiary/aromatic N) is 2. The molecule has 29 heavy (non-hydrogen) atoms. The summed E-state index contributed by atoms with van der Waals surface area (Å²) in [6.07, 6.45) is 3.72. The van der Waals surface area contributed by atoms with Crippen molar-refractivity contribution in [3.63, 3.8) is 0 Å². The van der Waals surface area contributed by atoms with Crippen molar-refractivity contribution in [1.29, 1.82) is 0 Å². The summed E-state index contributed by atoms with van der Waals surface area (Å²) in [5.74, 6) is -0.339. The summed E-state index contributed by atoms with van der Waals surface area (Å²) in [5, 5.41) is 0. The van der Waals surface area contributed by atoms with Gasteiger partial charge in [-0.15, -0.1) is 0 Å². The maximum atomic E-state index is 13.9. The molecule has 1 fully saturated rings. The van der Waals surface area contributed by atoms with Gasteiger partial charge in [0.1, 0.15) is 5.82 Å². The lowest BCUT2D eigenvalue weighted by atomic mass is 9.95. The van der Waals surface area contributed by atoms with Crippen molar-refractivity contribution in [2.45, 2.75) is 26.2 Å². The summed E-state index contributed by atoms with van der Waals surface area (Å²) in [4.78, 5) is 29.3. The third-order valence-corrected chi connectivity index (χ3v) is 5.95. The van der Waals surface area contributed by atoms with Crippen LogP contribution in [0, 0.1) is 11.7 Å². The molecule has 0 atom stereocenters. The highest BCUT2D eigenvalue weighted by atomic mass is 19.1. The van der Waals surface area contributed by atoms with Gasteiger partial charge in [-0.1, -0.05) is 36.4 Å². The SMILES string of the molecule is CC(=CC(=O)N1CCC(C(=O)N2CCc3ccccc32)CC1)c1ccccc1F. The number of benzene rings is 2. The van der Waals surface area contributed by atoms with E-state index < -0.39 is 0 Å². The Labute approximate surface area is 170 Å². The van der Waals surface area contributed by atoms with E-state index >= 15 is 0 Å². The Hall–Kier alpha value is -2.95. The number of fused-ring (bicyclic) bond motifs is 1. The smallest absolute Gasteiger partial charge is 0.246 e. The van der Waals surface area contributed by atoms with Gasteiger partial charge in [-0.05, 0) is 49.5 Å². The number of rotatable bonds is 3. The van der Waals surface area contributed by atoms with E-state index in [2.05, 4.69) is 6.07 Å². The Morgan fingerprint density at radius 1 is 1.00 bits per heavy atom. The van der Waals surface area contributed by atoms with Crippen molar-refractivity contribution in [3.05, 3.63) is 71.6 Å². The maximum Gasteiger partial charge on any atom is 0.246 e. The van der Waals surface area contributed by atoms with Crippen LogP contribution in [0.25, 0.3) is 5.57 Å². The van der Waals surface area contributed by atoms with Crippen LogP contribution in [-0.4, -0.2) is 36.3 Å². The predicted octanol–water partition coefficient (Wildman–Crippen LogP) is 4.06. The molecule has 0 N–H and O–H groups in total. The normalized spacial score (nSPS) is 17.4. The number of allylic oxidation sites excluding steroid dienone is 1. The summed E-state index contributed by atoms with van der Waals surface area (Å²) in [7, 11) is 0. The largest absolute Gasteiger partial charge is 0.339 e. The van der Waals surface area contributed by atoms with Gasteiger partial charge in [-0.3, -0.25) is 9.59 Å². The van der Waals surface area contributed by atoms with Crippen LogP contribution in [0.5, 0.6) is 0 Å². The van der Waals surface area contributed by atoms with Crippen LogP contribution in [0.3, 0.4) is 0 Å². The van der Waals surface area contributed by atoms with Gasteiger partial charge in [0, 0.05) is 42.9 Å². The van der Waals surface area contributed by atoms with Crippen LogP contribution in [0.4, 0.5) is 10.1 Å². The van der Waals surface area contributed by atoms with Gasteiger partial charge in [0.25, 0.3) is 0 Å². The molecule has 0 aromatic heterocycles. The monoisotopic (exact) mass is 392 g/mol. The number of amides is 2. The molecule has 0 aliphatic carbocycles. The highest BCUT2D eigenvalue weighted by Crippen LogP contribution is 2.31. The lowest BCUT2D eigenvalue weighted by Crippen LogP contribution is -2.43. The van der Waals surface area contributed by atoms with Crippen LogP contribution in [-0.2, 0) is 16.0 Å². The molecule has 2 aliphatic heterocycles. The topological polar surface area (TPSA) is 40.6 Å². The first-order valence-corrected chi connectivity index (χ1v) is 10.2. The van der Waals surface area contributed by atoms with E-state index in [0.717, 1.165) is 18.7 Å². The van der Waals surface area contributed by atoms with Gasteiger partial charge in [0.05, 0.1) is 0 Å². The Bertz CT molecular complexity index is 961. The average molecular weight is 392 g/mol. The molecule has 0 saturated carbocycles. The Balaban J connectivity index is 1.37. The molecule has 0 radical (unpaired) electrons. The van der Waals surface area contributed by atoms with Crippen LogP contribution >= 0.6 is 0 Å². The van der Waals surface area contributed by atoms with Crippen molar-refractivity contribution in [2.75, 3.05) is 24.5 Å². The predicted molar refractivity (Wildman–Crippen MR) is 112 cm³/mol. The molecule has 4 rings (SSSR count). The molecule has 0 spiro atoms. The van der Waals surface area contributed by atoms with Crippen molar-refractivity contribution < 1.29 is 14.0 Å². The molecule has 2 aromatic rings. The van der Waals surface area contributed by atoms with E-state index in [4.69, 9.17) is 0 Å². The lowest BCUT2D eigenvalue weighted by molar-refractivity contribution is -0.130. The number of para-hydroxylation sites is 1. The molecule has 0 bridgehead atoms. The molecular weight excluding hydrogens is 367 g/mol. The minimum atomic E-state index is -0.329. The second kappa shape index (κ2) is 8.19. The fourth-order valence-corrected chi connectivity index (χ4v) is 4.27. The second-order valence-electron chi connectivity index (χ2n) is 7.78. The van der Waals surface area contributed by atoms with Crippen molar-refractivity contribution in [2.24, 2.45) is 5.92 Å². The van der Waals surface area contributed by atoms with E-state index in [1.54, 1.807) is 30.0 Å². The van der Waals surface area contributed by atoms with Gasteiger partial charge in [-0.2, -0.15) is 0 Å². The highest BCUT2D eigenvalue weighted by molar-refractivity contribution is 5.98. The van der Waals surface area contributed by atoms with Gasteiger partial charge < -0.3 is 9.80 Å². The quantitative estimate of drug-likeness (QED) is 0.739. The summed E-state index contributed by atoms with van der Waals surface area (Å²) in [6, 6.07) is 14.5. The van der Waals surface area contributed by atoms with E-state index in [9.17, 15) is 14.0 Å². The third-order valence-electron chi connectivity index (χ3n) is 5.95. The van der Waals surface area contributed by atoms with E-state index in [-0.39, 0.29) is 23.5 Å². The Morgan fingerprint density at radius 3 is 2.45 bits per heavy atom. The van der Waals surface area contributed by atoms with Gasteiger partial charge in [0.2, 0.25) is 11.8 Å². The number of hydrogen-bond acceptors (Lipinski definition) is 2. The highest BCUT2D eigenvalue weighted by Gasteiger charge is 2.33. The molecule has 5 heteroatoms. The van der Waals surface area contributed by atoms with Crippen LogP contribution in [0.1, 0.15) is 30.9 Å². The minimum Gasteiger partial charge on any atom is -0.339 e. The van der Waals surface area contributed by atoms with Crippen LogP contribution in [0.2, 0.25) is 0 Å². The number of carbonyl (C=O) groups excluding carboxylic acids is 2. The average Bonchev–Trinajstić information content (AvgIpc) is 3.17. The zero-order valence-corrected chi connectivity index (χ0v) is 16.6. The zero-order valence-electron chi connectivity index (χ0n) is 16.6. The lowest BCUT2D eigenvalue weighted by Gasteiger charge is -2.33. The fraction of sp³-hybridized carbons (Fsp3) is 0.333. The first-order chi connectivity index (χ1) is 14.0. The molecular formula is C24H25FN2O2. The number of anilines is 1. The zero-order chi connectivity index (χ0) is 20.4. The van der Waals surface area contributed by atoms with E-state index in [0.29, 0.717) is 37.1 Å². The van der Waals surface area contributed by atoms with Gasteiger partial charge >= 0.3 is 0 Å². The van der Waals surface area contributed by atoms with Crippen molar-refractivity contribution >= 4 is 23.1 Å². The van der Waals surface area contributed by atoms with Crippen LogP contribution in [0.15, 0.2) is 54.6 Å². The van der Waals surface area contributed by atoms with Crippen molar-refractivity contribution in [1.82, 2.24) is 4.90 Å². The second-order valence-corrected chi connectivity index (χ2v) is 7.78. The molecule has 2 aliphatic rings. The molecule has 0 unspecified atom stereocenters. The number of halogens is 1. The number of carbonyl (C=O) groups is 2. The summed E-state index contributed by atoms with van der Waals surface area (Å²) in [5.41, 5.74) is 3.31. The van der Waals surface area contributed by atoms with Crippen LogP contribution < -0.4 is 4.90 Å². The summed E-state index contributed by atoms with van der Waals surface area (Å²) < 4.78 is 13.9. The molecule has 1 saturated heterocycles. The third kappa shape index (κ3) is 3.95. The molecule has 4 nitrogen and oxygen atoms in total. The Morgan fingerprint density at radius 2 is 1.69 bits per heavy atom. The number of likely N-dealkylation sites (tertiary alicyclic amines) is 1. The minimum absolute atomic E-state index is 0.0538. The number of piperidine rings is 1. The molecule has 150 valence electrons. The van der Waals surface area contributed by atoms with E-state index in [1.807, 2.05) is 23.1 Å². The number of hydrogen-bond donors (Lipinski definition) is 0. The Kier molecular flexibility index (Phi) is 5.47. The summed E-state index contributed by atoms with van der Waals surface area (Å²) in [6.45, 7) is 3.58. The van der Waals surface area contributed by atoms with Crippen molar-refractivity contribution in [3.8, 4) is 0 Å². The molecule has 2 amide bonds. The maximum absolute atomic E-state index is 13.9. The van der Waals surface area contributed by atoms with E-state index in [1.165, 1.54) is 17.7 Å². The fourth-order valence-electron chi connectivity index (χ4n) is 4.27.